The second kappa shape index (κ2) is 11.9. The molecule has 0 saturated carbocycles. The normalized spacial score (nSPS) is 24.3. The van der Waals surface area contributed by atoms with Gasteiger partial charge in [-0.3, -0.25) is 14.4 Å². The van der Waals surface area contributed by atoms with Gasteiger partial charge in [-0.1, -0.05) is 74.8 Å². The first-order valence-corrected chi connectivity index (χ1v) is 14.8. The molecule has 0 aromatic carbocycles. The molecule has 8 nitrogen and oxygen atoms in total. The van der Waals surface area contributed by atoms with E-state index in [1.165, 1.54) is 7.11 Å². The summed E-state index contributed by atoms with van der Waals surface area (Å²) in [6.45, 7) is 14.2. The summed E-state index contributed by atoms with van der Waals surface area (Å²) in [6.07, 6.45) is 10.7. The molecule has 222 valence electrons. The van der Waals surface area contributed by atoms with Gasteiger partial charge in [-0.05, 0) is 37.8 Å². The van der Waals surface area contributed by atoms with Gasteiger partial charge in [0.1, 0.15) is 12.2 Å². The van der Waals surface area contributed by atoms with Crippen LogP contribution in [0.1, 0.15) is 99.4 Å². The smallest absolute Gasteiger partial charge is 0.657 e. The van der Waals surface area contributed by atoms with E-state index >= 15 is 0 Å². The molecule has 3 atom stereocenters. The van der Waals surface area contributed by atoms with Crippen LogP contribution in [0.15, 0.2) is 18.0 Å². The molecule has 9 heteroatoms. The molecular weight excluding hydrogens is 565 g/mol. The van der Waals surface area contributed by atoms with Crippen molar-refractivity contribution in [3.8, 4) is 0 Å². The Morgan fingerprint density at radius 3 is 2.36 bits per heavy atom. The van der Waals surface area contributed by atoms with Gasteiger partial charge in [0.2, 0.25) is 0 Å². The molecule has 0 radical (unpaired) electrons. The van der Waals surface area contributed by atoms with Crippen molar-refractivity contribution >= 4 is 71.0 Å². The molecule has 3 aliphatic rings. The third kappa shape index (κ3) is 4.59. The van der Waals surface area contributed by atoms with Crippen LogP contribution in [-0.2, 0) is 16.0 Å². The van der Waals surface area contributed by atoms with E-state index in [-0.39, 0.29) is 40.7 Å². The number of aldehydes is 1. The van der Waals surface area contributed by atoms with Crippen LogP contribution < -0.4 is 31.0 Å². The molecule has 44 heavy (non-hydrogen) atoms. The molecule has 3 aromatic heterocycles. The zero-order valence-corrected chi connectivity index (χ0v) is 27.5. The number of carbonyl (C=O) groups is 3. The van der Waals surface area contributed by atoms with Crippen LogP contribution in [0.4, 0.5) is 0 Å². The number of hydrogen-bond acceptors (Lipinski definition) is 5. The number of carbonyl (C=O) groups excluding carboxylic acids is 3. The molecule has 1 N–H and O–H groups in total. The van der Waals surface area contributed by atoms with E-state index < -0.39 is 11.9 Å². The van der Waals surface area contributed by atoms with Gasteiger partial charge in [-0.2, -0.15) is 0 Å². The van der Waals surface area contributed by atoms with Gasteiger partial charge in [0, 0.05) is 34.4 Å². The van der Waals surface area contributed by atoms with E-state index in [9.17, 15) is 14.4 Å². The minimum Gasteiger partial charge on any atom is -0.657 e. The summed E-state index contributed by atoms with van der Waals surface area (Å²) in [7, 11) is 1.31. The van der Waals surface area contributed by atoms with Crippen LogP contribution in [-0.4, -0.2) is 48.2 Å². The number of fused-ring (bicyclic) bond motifs is 7. The summed E-state index contributed by atoms with van der Waals surface area (Å²) in [6, 6.07) is 0. The number of ketones is 1. The van der Waals surface area contributed by atoms with Crippen molar-refractivity contribution in [2.45, 2.75) is 53.9 Å². The summed E-state index contributed by atoms with van der Waals surface area (Å²) in [5.74, 6) is -1.88. The van der Waals surface area contributed by atoms with Gasteiger partial charge in [-0.15, -0.1) is 33.5 Å². The van der Waals surface area contributed by atoms with Crippen molar-refractivity contribution < 1.29 is 19.1 Å². The number of aromatic nitrogens is 3. The van der Waals surface area contributed by atoms with Crippen molar-refractivity contribution in [2.24, 2.45) is 17.8 Å². The van der Waals surface area contributed by atoms with E-state index in [1.54, 1.807) is 6.08 Å². The van der Waals surface area contributed by atoms with Crippen LogP contribution in [0.5, 0.6) is 0 Å². The monoisotopic (exact) mass is 599 g/mol. The standard InChI is InChI=1S/C35H36N4O4.Mg/c1-8-11-21-17(5)24-12-23-16(4)19(9-2)26(36-23)14-28-22(15-40)20(10-3)27(37-28)13-25-18(6)29-33(39-25)30(32(21)38-24)31(34(29)41)35(42)43-7;/h9,12-15,17,21,31H,2,8,10-11H2,1,3-7H3,(H2,38,39,40,41);/q-2;+2/p-1/b24-12-,28-14-;/t17-,21-,31+;/m0./s1. The quantitative estimate of drug-likeness (QED) is 0.199. The topological polar surface area (TPSA) is 115 Å². The molecule has 1 fully saturated rings. The Morgan fingerprint density at radius 1 is 1.02 bits per heavy atom. The molecule has 1 aliphatic carbocycles. The minimum absolute atomic E-state index is 0. The second-order valence-corrected chi connectivity index (χ2v) is 11.6. The van der Waals surface area contributed by atoms with Crippen molar-refractivity contribution in [2.75, 3.05) is 7.11 Å². The maximum Gasteiger partial charge on any atom is 2.00 e. The fourth-order valence-electron chi connectivity index (χ4n) is 7.01. The van der Waals surface area contributed by atoms with Crippen molar-refractivity contribution in [1.29, 1.82) is 0 Å². The third-order valence-corrected chi connectivity index (χ3v) is 9.32. The Bertz CT molecular complexity index is 1910. The maximum atomic E-state index is 14.0. The van der Waals surface area contributed by atoms with Crippen molar-refractivity contribution in [1.82, 2.24) is 20.3 Å². The number of allylic oxidation sites excluding steroid dienone is 2. The summed E-state index contributed by atoms with van der Waals surface area (Å²) in [5, 5.41) is 4.79. The predicted molar refractivity (Wildman–Crippen MR) is 171 cm³/mol. The van der Waals surface area contributed by atoms with Gasteiger partial charge >= 0.3 is 29.0 Å². The Balaban J connectivity index is 0.00000384. The first kappa shape index (κ1) is 31.6. The molecule has 0 unspecified atom stereocenters. The first-order chi connectivity index (χ1) is 20.7. The molecule has 6 rings (SSSR count). The van der Waals surface area contributed by atoms with E-state index in [0.29, 0.717) is 56.5 Å². The van der Waals surface area contributed by atoms with E-state index in [1.807, 2.05) is 39.0 Å². The number of ether oxygens (including phenoxy) is 1. The summed E-state index contributed by atoms with van der Waals surface area (Å²) >= 11 is 0. The minimum atomic E-state index is -1.09. The molecular formula is C35H35MgN4O4-. The van der Waals surface area contributed by atoms with Crippen LogP contribution in [0.2, 0.25) is 0 Å². The summed E-state index contributed by atoms with van der Waals surface area (Å²) in [5.41, 5.74) is 9.22. The Hall–Kier alpha value is -3.82. The van der Waals surface area contributed by atoms with Crippen molar-refractivity contribution in [3.63, 3.8) is 0 Å². The fourth-order valence-corrected chi connectivity index (χ4v) is 7.01. The van der Waals surface area contributed by atoms with Crippen molar-refractivity contribution in [3.05, 3.63) is 84.8 Å². The average Bonchev–Trinajstić information content (AvgIpc) is 3.74. The molecule has 8 bridgehead atoms. The molecule has 5 heterocycles. The van der Waals surface area contributed by atoms with Gasteiger partial charge < -0.3 is 25.0 Å². The molecule has 0 amide bonds. The molecule has 2 aliphatic heterocycles. The van der Waals surface area contributed by atoms with Crippen LogP contribution in [0.3, 0.4) is 0 Å². The Morgan fingerprint density at radius 2 is 1.73 bits per heavy atom. The predicted octanol–water partition coefficient (Wildman–Crippen LogP) is 3.18. The Kier molecular flexibility index (Phi) is 8.57. The first-order valence-electron chi connectivity index (χ1n) is 14.8. The molecule has 0 spiro atoms. The third-order valence-electron chi connectivity index (χ3n) is 9.32. The number of Topliss-reactive ketones (excluding diaryl/α,β-unsaturated/α-hetero) is 1. The summed E-state index contributed by atoms with van der Waals surface area (Å²) in [4.78, 5) is 54.3. The van der Waals surface area contributed by atoms with Gasteiger partial charge in [0.25, 0.3) is 0 Å². The Labute approximate surface area is 273 Å². The number of esters is 1. The van der Waals surface area contributed by atoms with Crippen LogP contribution in [0, 0.1) is 31.6 Å². The van der Waals surface area contributed by atoms with Gasteiger partial charge in [-0.25, -0.2) is 0 Å². The zero-order chi connectivity index (χ0) is 30.7. The van der Waals surface area contributed by atoms with Crippen LogP contribution >= 0.6 is 0 Å². The number of nitrogens with zero attached hydrogens (tertiary/aromatic N) is 3. The van der Waals surface area contributed by atoms with E-state index in [2.05, 4.69) is 25.7 Å². The second-order valence-electron chi connectivity index (χ2n) is 11.6. The van der Waals surface area contributed by atoms with E-state index in [4.69, 9.17) is 19.7 Å². The number of rotatable bonds is 6. The van der Waals surface area contributed by atoms with Gasteiger partial charge in [0.05, 0.1) is 7.11 Å². The number of hydrogen-bond donors (Lipinski definition) is 1. The fraction of sp³-hybridized carbons (Fsp3) is 0.343. The number of methoxy groups -OCH3 is 1. The van der Waals surface area contributed by atoms with Gasteiger partial charge in [0.15, 0.2) is 5.78 Å². The average molecular weight is 600 g/mol. The zero-order valence-electron chi connectivity index (χ0n) is 26.1. The number of nitrogens with one attached hydrogen (secondary N) is 1. The van der Waals surface area contributed by atoms with Crippen LogP contribution in [0.25, 0.3) is 29.9 Å². The van der Waals surface area contributed by atoms with E-state index in [0.717, 1.165) is 52.9 Å². The molecule has 3 aromatic rings. The maximum absolute atomic E-state index is 14.0. The largest absolute Gasteiger partial charge is 2.00 e. The summed E-state index contributed by atoms with van der Waals surface area (Å²) < 4.78 is 5.16. The molecule has 1 saturated heterocycles. The SMILES string of the molecule is C=Cc1c2[n-]c(c1C)/C=C1\N/C(=C3\c4[n-]c(c(C)c4C(=O)[C@@H]3C(=O)OC)/C=c3\[n-]/c(c(C=O)c3CC)=C\2)[C@@H](CCC)[C@@H]1C.[Mg+2].